The van der Waals surface area contributed by atoms with Crippen LogP contribution in [-0.4, -0.2) is 30.1 Å². The molecule has 1 aromatic heterocycles. The number of nitrogens with zero attached hydrogens (tertiary/aromatic N) is 1. The SMILES string of the molecule is O=C(OC1CCNCC1)c1ccc2c(c1)-c1ccc3cccnc3c1NS2. The van der Waals surface area contributed by atoms with Gasteiger partial charge >= 0.3 is 5.97 Å². The van der Waals surface area contributed by atoms with E-state index in [4.69, 9.17) is 4.74 Å². The molecular weight excluding hydrogens is 358 g/mol. The number of pyridine rings is 1. The number of ether oxygens (including phenoxy) is 1. The highest BCUT2D eigenvalue weighted by molar-refractivity contribution is 8.00. The summed E-state index contributed by atoms with van der Waals surface area (Å²) in [6.07, 6.45) is 3.55. The molecule has 0 unspecified atom stereocenters. The number of rotatable bonds is 2. The van der Waals surface area contributed by atoms with Crippen LogP contribution in [0.25, 0.3) is 22.0 Å². The first-order chi connectivity index (χ1) is 13.3. The molecule has 2 aromatic carbocycles. The van der Waals surface area contributed by atoms with Crippen molar-refractivity contribution in [2.45, 2.75) is 23.8 Å². The molecule has 0 bridgehead atoms. The van der Waals surface area contributed by atoms with Gasteiger partial charge in [0.05, 0.1) is 16.8 Å². The van der Waals surface area contributed by atoms with Crippen molar-refractivity contribution in [3.8, 4) is 11.1 Å². The molecular formula is C21H19N3O2S. The summed E-state index contributed by atoms with van der Waals surface area (Å²) in [5.41, 5.74) is 4.64. The van der Waals surface area contributed by atoms with Crippen molar-refractivity contribution in [3.05, 3.63) is 54.2 Å². The zero-order valence-corrected chi connectivity index (χ0v) is 15.5. The van der Waals surface area contributed by atoms with E-state index >= 15 is 0 Å². The smallest absolute Gasteiger partial charge is 0.338 e. The quantitative estimate of drug-likeness (QED) is 0.514. The maximum Gasteiger partial charge on any atom is 0.338 e. The van der Waals surface area contributed by atoms with Crippen LogP contribution in [0.3, 0.4) is 0 Å². The molecule has 0 amide bonds. The van der Waals surface area contributed by atoms with Crippen LogP contribution >= 0.6 is 11.9 Å². The molecule has 6 heteroatoms. The minimum atomic E-state index is -0.242. The van der Waals surface area contributed by atoms with E-state index in [9.17, 15) is 4.79 Å². The number of carbonyl (C=O) groups excluding carboxylic acids is 1. The number of hydrogen-bond acceptors (Lipinski definition) is 6. The Kier molecular flexibility index (Phi) is 4.22. The fourth-order valence-corrected chi connectivity index (χ4v) is 4.50. The summed E-state index contributed by atoms with van der Waals surface area (Å²) in [5, 5.41) is 4.38. The first-order valence-corrected chi connectivity index (χ1v) is 9.98. The molecule has 0 atom stereocenters. The average molecular weight is 377 g/mol. The molecule has 0 radical (unpaired) electrons. The minimum absolute atomic E-state index is 0.00579. The Morgan fingerprint density at radius 1 is 1.11 bits per heavy atom. The molecule has 1 fully saturated rings. The van der Waals surface area contributed by atoms with E-state index in [0.29, 0.717) is 5.56 Å². The van der Waals surface area contributed by atoms with E-state index in [-0.39, 0.29) is 12.1 Å². The van der Waals surface area contributed by atoms with Crippen molar-refractivity contribution in [2.24, 2.45) is 0 Å². The Balaban J connectivity index is 1.51. The molecule has 0 saturated carbocycles. The number of aromatic nitrogens is 1. The van der Waals surface area contributed by atoms with Gasteiger partial charge in [0.15, 0.2) is 0 Å². The third-order valence-corrected chi connectivity index (χ3v) is 5.99. The largest absolute Gasteiger partial charge is 0.459 e. The van der Waals surface area contributed by atoms with Crippen molar-refractivity contribution >= 4 is 34.5 Å². The summed E-state index contributed by atoms with van der Waals surface area (Å²) >= 11 is 1.55. The predicted molar refractivity (Wildman–Crippen MR) is 108 cm³/mol. The predicted octanol–water partition coefficient (Wildman–Crippen LogP) is 4.24. The van der Waals surface area contributed by atoms with Crippen LogP contribution in [0.5, 0.6) is 0 Å². The lowest BCUT2D eigenvalue weighted by Crippen LogP contribution is -2.33. The number of benzene rings is 2. The lowest BCUT2D eigenvalue weighted by atomic mass is 9.99. The van der Waals surface area contributed by atoms with Gasteiger partial charge in [0.1, 0.15) is 6.10 Å². The Labute approximate surface area is 161 Å². The minimum Gasteiger partial charge on any atom is -0.459 e. The van der Waals surface area contributed by atoms with Crippen molar-refractivity contribution in [1.82, 2.24) is 10.3 Å². The van der Waals surface area contributed by atoms with E-state index in [1.807, 2.05) is 24.3 Å². The number of esters is 1. The van der Waals surface area contributed by atoms with Gasteiger partial charge in [-0.3, -0.25) is 4.98 Å². The highest BCUT2D eigenvalue weighted by Gasteiger charge is 2.23. The molecule has 3 aromatic rings. The lowest BCUT2D eigenvalue weighted by molar-refractivity contribution is 0.0229. The van der Waals surface area contributed by atoms with Gasteiger partial charge in [-0.1, -0.05) is 18.2 Å². The van der Waals surface area contributed by atoms with E-state index < -0.39 is 0 Å². The molecule has 0 spiro atoms. The van der Waals surface area contributed by atoms with Gasteiger partial charge in [-0.25, -0.2) is 4.79 Å². The van der Waals surface area contributed by atoms with E-state index in [0.717, 1.165) is 58.5 Å². The van der Waals surface area contributed by atoms with Gasteiger partial charge in [0.2, 0.25) is 0 Å². The van der Waals surface area contributed by atoms with Crippen LogP contribution in [0.4, 0.5) is 5.69 Å². The van der Waals surface area contributed by atoms with Gasteiger partial charge < -0.3 is 14.8 Å². The maximum absolute atomic E-state index is 12.6. The fraction of sp³-hybridized carbons (Fsp3) is 0.238. The van der Waals surface area contributed by atoms with Gasteiger partial charge in [-0.15, -0.1) is 0 Å². The molecule has 5 nitrogen and oxygen atoms in total. The average Bonchev–Trinajstić information content (AvgIpc) is 2.73. The number of fused-ring (bicyclic) bond motifs is 5. The second kappa shape index (κ2) is 6.87. The zero-order valence-electron chi connectivity index (χ0n) is 14.7. The normalized spacial score (nSPS) is 16.3. The number of piperidine rings is 1. The molecule has 27 heavy (non-hydrogen) atoms. The van der Waals surface area contributed by atoms with Gasteiger partial charge in [0.25, 0.3) is 0 Å². The van der Waals surface area contributed by atoms with Crippen LogP contribution < -0.4 is 10.0 Å². The topological polar surface area (TPSA) is 63.2 Å². The third kappa shape index (κ3) is 3.05. The van der Waals surface area contributed by atoms with Gasteiger partial charge in [-0.2, -0.15) is 0 Å². The fourth-order valence-electron chi connectivity index (χ4n) is 3.67. The highest BCUT2D eigenvalue weighted by Crippen LogP contribution is 2.45. The molecule has 2 N–H and O–H groups in total. The van der Waals surface area contributed by atoms with Crippen molar-refractivity contribution < 1.29 is 9.53 Å². The number of nitrogens with one attached hydrogen (secondary N) is 2. The van der Waals surface area contributed by atoms with E-state index in [1.54, 1.807) is 18.1 Å². The van der Waals surface area contributed by atoms with Crippen molar-refractivity contribution in [3.63, 3.8) is 0 Å². The second-order valence-electron chi connectivity index (χ2n) is 6.83. The number of hydrogen-bond donors (Lipinski definition) is 2. The van der Waals surface area contributed by atoms with Crippen molar-refractivity contribution in [2.75, 3.05) is 17.8 Å². The standard InChI is InChI=1S/C21H19N3O2S/c25-21(26-15-7-10-22-11-8-15)14-4-6-18-17(12-14)16-5-3-13-2-1-9-23-19(13)20(16)24-27-18/h1-6,9,12,15,22,24H,7-8,10-11H2. The lowest BCUT2D eigenvalue weighted by Gasteiger charge is -2.24. The molecule has 5 rings (SSSR count). The molecule has 2 aliphatic heterocycles. The monoisotopic (exact) mass is 377 g/mol. The Morgan fingerprint density at radius 2 is 2.00 bits per heavy atom. The molecule has 1 saturated heterocycles. The Bertz CT molecular complexity index is 1030. The van der Waals surface area contributed by atoms with Crippen LogP contribution in [0, 0.1) is 0 Å². The van der Waals surface area contributed by atoms with Crippen molar-refractivity contribution in [1.29, 1.82) is 0 Å². The van der Waals surface area contributed by atoms with E-state index in [2.05, 4.69) is 33.2 Å². The summed E-state index contributed by atoms with van der Waals surface area (Å²) in [6, 6.07) is 13.9. The third-order valence-electron chi connectivity index (χ3n) is 5.10. The molecule has 2 aliphatic rings. The number of anilines is 1. The Hall–Kier alpha value is -2.57. The summed E-state index contributed by atoms with van der Waals surface area (Å²) in [6.45, 7) is 1.80. The number of carbonyl (C=O) groups is 1. The molecule has 136 valence electrons. The van der Waals surface area contributed by atoms with Crippen LogP contribution in [0.2, 0.25) is 0 Å². The van der Waals surface area contributed by atoms with Gasteiger partial charge in [0, 0.05) is 27.6 Å². The summed E-state index contributed by atoms with van der Waals surface area (Å²) in [7, 11) is 0. The molecule has 0 aliphatic carbocycles. The van der Waals surface area contributed by atoms with Crippen LogP contribution in [-0.2, 0) is 4.74 Å². The first-order valence-electron chi connectivity index (χ1n) is 9.16. The zero-order chi connectivity index (χ0) is 18.2. The summed E-state index contributed by atoms with van der Waals surface area (Å²) in [5.74, 6) is -0.242. The summed E-state index contributed by atoms with van der Waals surface area (Å²) < 4.78 is 9.12. The van der Waals surface area contributed by atoms with Gasteiger partial charge in [-0.05, 0) is 62.1 Å². The maximum atomic E-state index is 12.6. The van der Waals surface area contributed by atoms with Crippen LogP contribution in [0.15, 0.2) is 53.6 Å². The highest BCUT2D eigenvalue weighted by atomic mass is 32.2. The second-order valence-corrected chi connectivity index (χ2v) is 7.68. The van der Waals surface area contributed by atoms with E-state index in [1.165, 1.54) is 0 Å². The molecule has 3 heterocycles. The summed E-state index contributed by atoms with van der Waals surface area (Å²) in [4.78, 5) is 18.3. The van der Waals surface area contributed by atoms with Crippen LogP contribution in [0.1, 0.15) is 23.2 Å². The first kappa shape index (κ1) is 16.6. The Morgan fingerprint density at radius 3 is 2.89 bits per heavy atom.